The second-order valence-corrected chi connectivity index (χ2v) is 5.15. The van der Waals surface area contributed by atoms with Gasteiger partial charge in [-0.2, -0.15) is 17.7 Å². The van der Waals surface area contributed by atoms with E-state index in [1.54, 1.807) is 13.1 Å². The van der Waals surface area contributed by atoms with Crippen LogP contribution in [0.3, 0.4) is 0 Å². The van der Waals surface area contributed by atoms with E-state index in [2.05, 4.69) is 17.7 Å². The summed E-state index contributed by atoms with van der Waals surface area (Å²) in [5, 5.41) is 4.29. The van der Waals surface area contributed by atoms with Crippen molar-refractivity contribution in [2.24, 2.45) is 7.05 Å². The van der Waals surface area contributed by atoms with Crippen molar-refractivity contribution in [1.82, 2.24) is 9.78 Å². The molecule has 0 fully saturated rings. The number of ether oxygens (including phenoxy) is 1. The number of rotatable bonds is 4. The van der Waals surface area contributed by atoms with Crippen molar-refractivity contribution in [2.75, 3.05) is 0 Å². The Morgan fingerprint density at radius 3 is 2.75 bits per heavy atom. The van der Waals surface area contributed by atoms with Gasteiger partial charge in [0, 0.05) is 23.9 Å². The lowest BCUT2D eigenvalue weighted by molar-refractivity contribution is 0.242. The third-order valence-electron chi connectivity index (χ3n) is 2.81. The molecule has 1 heterocycles. The molecule has 0 atom stereocenters. The summed E-state index contributed by atoms with van der Waals surface area (Å²) in [6.45, 7) is 3.96. The highest BCUT2D eigenvalue weighted by Gasteiger charge is 2.08. The molecule has 106 valence electrons. The molecule has 0 amide bonds. The van der Waals surface area contributed by atoms with Gasteiger partial charge in [-0.05, 0) is 32.0 Å². The maximum atomic E-state index is 11.8. The molecule has 0 unspecified atom stereocenters. The molecule has 0 aliphatic rings. The largest absolute Gasteiger partial charge is 0.491 e. The molecule has 0 radical (unpaired) electrons. The minimum absolute atomic E-state index is 0.113. The standard InChI is InChI=1S/C15H18N2O2S/c1-10(2)19-13-6-4-5-11(7-13)14-8-12(9-20)15(18)17(3)16-14/h4-8,10,20H,9H2,1-3H3. The Morgan fingerprint density at radius 1 is 1.35 bits per heavy atom. The smallest absolute Gasteiger partial charge is 0.270 e. The Labute approximate surface area is 123 Å². The van der Waals surface area contributed by atoms with Crippen LogP contribution < -0.4 is 10.3 Å². The van der Waals surface area contributed by atoms with Crippen LogP contribution >= 0.6 is 12.6 Å². The Bertz CT molecular complexity index is 665. The fraction of sp³-hybridized carbons (Fsp3) is 0.333. The van der Waals surface area contributed by atoms with Crippen molar-refractivity contribution >= 4 is 12.6 Å². The minimum atomic E-state index is -0.113. The maximum Gasteiger partial charge on any atom is 0.270 e. The summed E-state index contributed by atoms with van der Waals surface area (Å²) in [7, 11) is 1.65. The van der Waals surface area contributed by atoms with Crippen molar-refractivity contribution in [2.45, 2.75) is 25.7 Å². The maximum absolute atomic E-state index is 11.8. The van der Waals surface area contributed by atoms with Gasteiger partial charge in [0.15, 0.2) is 0 Å². The fourth-order valence-corrected chi connectivity index (χ4v) is 2.15. The van der Waals surface area contributed by atoms with E-state index in [0.717, 1.165) is 17.0 Å². The van der Waals surface area contributed by atoms with E-state index in [1.165, 1.54) is 4.68 Å². The molecule has 0 spiro atoms. The normalized spacial score (nSPS) is 10.8. The van der Waals surface area contributed by atoms with Crippen LogP contribution in [0, 0.1) is 0 Å². The highest BCUT2D eigenvalue weighted by Crippen LogP contribution is 2.23. The number of hydrogen-bond donors (Lipinski definition) is 1. The molecule has 0 saturated heterocycles. The highest BCUT2D eigenvalue weighted by atomic mass is 32.1. The van der Waals surface area contributed by atoms with Crippen LogP contribution in [0.15, 0.2) is 35.1 Å². The van der Waals surface area contributed by atoms with Crippen molar-refractivity contribution in [1.29, 1.82) is 0 Å². The molecule has 0 aliphatic carbocycles. The van der Waals surface area contributed by atoms with Gasteiger partial charge in [0.1, 0.15) is 5.75 Å². The number of benzene rings is 1. The van der Waals surface area contributed by atoms with E-state index in [1.807, 2.05) is 38.1 Å². The first-order chi connectivity index (χ1) is 9.51. The topological polar surface area (TPSA) is 44.1 Å². The Morgan fingerprint density at radius 2 is 2.10 bits per heavy atom. The lowest BCUT2D eigenvalue weighted by Gasteiger charge is -2.11. The zero-order valence-electron chi connectivity index (χ0n) is 11.8. The average molecular weight is 290 g/mol. The number of thiol groups is 1. The summed E-state index contributed by atoms with van der Waals surface area (Å²) in [6.07, 6.45) is 0.117. The van der Waals surface area contributed by atoms with Gasteiger partial charge in [-0.1, -0.05) is 12.1 Å². The van der Waals surface area contributed by atoms with E-state index in [0.29, 0.717) is 11.3 Å². The van der Waals surface area contributed by atoms with Crippen LogP contribution in [0.5, 0.6) is 5.75 Å². The highest BCUT2D eigenvalue weighted by molar-refractivity contribution is 7.79. The minimum Gasteiger partial charge on any atom is -0.491 e. The monoisotopic (exact) mass is 290 g/mol. The predicted molar refractivity (Wildman–Crippen MR) is 83.4 cm³/mol. The summed E-state index contributed by atoms with van der Waals surface area (Å²) >= 11 is 4.19. The summed E-state index contributed by atoms with van der Waals surface area (Å²) in [5.74, 6) is 1.19. The second-order valence-electron chi connectivity index (χ2n) is 4.84. The summed E-state index contributed by atoms with van der Waals surface area (Å²) in [5.41, 5.74) is 2.18. The first-order valence-electron chi connectivity index (χ1n) is 6.46. The first-order valence-corrected chi connectivity index (χ1v) is 7.09. The molecule has 2 aromatic rings. The molecule has 5 heteroatoms. The lowest BCUT2D eigenvalue weighted by Crippen LogP contribution is -2.23. The molecule has 0 bridgehead atoms. The molecule has 1 aromatic carbocycles. The quantitative estimate of drug-likeness (QED) is 0.880. The first kappa shape index (κ1) is 14.7. The third-order valence-corrected chi connectivity index (χ3v) is 3.15. The van der Waals surface area contributed by atoms with Crippen LogP contribution in [0.4, 0.5) is 0 Å². The van der Waals surface area contributed by atoms with E-state index >= 15 is 0 Å². The molecule has 1 aromatic heterocycles. The molecule has 0 aliphatic heterocycles. The summed E-state index contributed by atoms with van der Waals surface area (Å²) in [6, 6.07) is 9.48. The summed E-state index contributed by atoms with van der Waals surface area (Å²) < 4.78 is 7.02. The van der Waals surface area contributed by atoms with E-state index in [9.17, 15) is 4.79 Å². The van der Waals surface area contributed by atoms with Crippen LogP contribution in [0.1, 0.15) is 19.4 Å². The van der Waals surface area contributed by atoms with Crippen molar-refractivity contribution in [3.05, 3.63) is 46.2 Å². The Hall–Kier alpha value is -1.75. The van der Waals surface area contributed by atoms with Gasteiger partial charge in [-0.25, -0.2) is 4.68 Å². The number of hydrogen-bond acceptors (Lipinski definition) is 4. The number of aryl methyl sites for hydroxylation is 1. The lowest BCUT2D eigenvalue weighted by atomic mass is 10.1. The Kier molecular flexibility index (Phi) is 4.49. The van der Waals surface area contributed by atoms with Gasteiger partial charge in [0.2, 0.25) is 0 Å². The number of nitrogens with zero attached hydrogens (tertiary/aromatic N) is 2. The van der Waals surface area contributed by atoms with Crippen molar-refractivity contribution in [3.63, 3.8) is 0 Å². The van der Waals surface area contributed by atoms with Crippen LogP contribution in [0.25, 0.3) is 11.3 Å². The summed E-state index contributed by atoms with van der Waals surface area (Å²) in [4.78, 5) is 11.8. The number of aromatic nitrogens is 2. The predicted octanol–water partition coefficient (Wildman–Crippen LogP) is 2.66. The van der Waals surface area contributed by atoms with E-state index in [4.69, 9.17) is 4.74 Å². The van der Waals surface area contributed by atoms with Gasteiger partial charge < -0.3 is 4.74 Å². The van der Waals surface area contributed by atoms with Gasteiger partial charge in [0.05, 0.1) is 11.8 Å². The van der Waals surface area contributed by atoms with E-state index < -0.39 is 0 Å². The van der Waals surface area contributed by atoms with Gasteiger partial charge in [0.25, 0.3) is 5.56 Å². The molecule has 20 heavy (non-hydrogen) atoms. The molecule has 2 rings (SSSR count). The van der Waals surface area contributed by atoms with Crippen molar-refractivity contribution in [3.8, 4) is 17.0 Å². The molecular weight excluding hydrogens is 272 g/mol. The SMILES string of the molecule is CC(C)Oc1cccc(-c2cc(CS)c(=O)n(C)n2)c1. The third kappa shape index (κ3) is 3.22. The van der Waals surface area contributed by atoms with Gasteiger partial charge >= 0.3 is 0 Å². The van der Waals surface area contributed by atoms with Gasteiger partial charge in [-0.3, -0.25) is 4.79 Å². The van der Waals surface area contributed by atoms with E-state index in [-0.39, 0.29) is 11.7 Å². The van der Waals surface area contributed by atoms with Crippen molar-refractivity contribution < 1.29 is 4.74 Å². The van der Waals surface area contributed by atoms with Crippen LogP contribution in [-0.4, -0.2) is 15.9 Å². The fourth-order valence-electron chi connectivity index (χ4n) is 1.93. The Balaban J connectivity index is 2.46. The van der Waals surface area contributed by atoms with Gasteiger partial charge in [-0.15, -0.1) is 0 Å². The van der Waals surface area contributed by atoms with Crippen LogP contribution in [-0.2, 0) is 12.8 Å². The average Bonchev–Trinajstić information content (AvgIpc) is 2.41. The molecule has 4 nitrogen and oxygen atoms in total. The zero-order valence-corrected chi connectivity index (χ0v) is 12.7. The second kappa shape index (κ2) is 6.13. The zero-order chi connectivity index (χ0) is 14.7. The molecule has 0 saturated carbocycles. The van der Waals surface area contributed by atoms with Crippen LogP contribution in [0.2, 0.25) is 0 Å². The molecule has 0 N–H and O–H groups in total. The molecular formula is C15H18N2O2S.